The maximum atomic E-state index is 6.05. The molecule has 0 aliphatic carbocycles. The van der Waals surface area contributed by atoms with Crippen LogP contribution in [0.5, 0.6) is 0 Å². The Morgan fingerprint density at radius 1 is 0.880 bits per heavy atom. The van der Waals surface area contributed by atoms with Crippen molar-refractivity contribution in [2.24, 2.45) is 0 Å². The topological polar surface area (TPSA) is 18.5 Å². The van der Waals surface area contributed by atoms with Gasteiger partial charge in [0.05, 0.1) is 6.61 Å². The molecule has 4 aromatic carbocycles. The van der Waals surface area contributed by atoms with Crippen molar-refractivity contribution in [2.75, 3.05) is 6.61 Å². The van der Waals surface area contributed by atoms with Crippen molar-refractivity contribution in [1.29, 1.82) is 0 Å². The largest absolute Gasteiger partial charge is 0.353 e. The molecule has 3 heteroatoms. The summed E-state index contributed by atoms with van der Waals surface area (Å²) >= 11 is 3.70. The van der Waals surface area contributed by atoms with Crippen LogP contribution in [0.4, 0.5) is 0 Å². The minimum Gasteiger partial charge on any atom is -0.353 e. The van der Waals surface area contributed by atoms with E-state index < -0.39 is 0 Å². The lowest BCUT2D eigenvalue weighted by molar-refractivity contribution is -0.168. The molecule has 2 nitrogen and oxygen atoms in total. The van der Waals surface area contributed by atoms with E-state index in [-0.39, 0.29) is 6.29 Å². The van der Waals surface area contributed by atoms with Crippen LogP contribution in [0.2, 0.25) is 0 Å². The first-order chi connectivity index (χ1) is 12.3. The summed E-state index contributed by atoms with van der Waals surface area (Å²) in [6, 6.07) is 17.6. The first-order valence-corrected chi connectivity index (χ1v) is 9.69. The predicted octanol–water partition coefficient (Wildman–Crippen LogP) is 6.39. The smallest absolute Gasteiger partial charge is 0.158 e. The summed E-state index contributed by atoms with van der Waals surface area (Å²) in [7, 11) is 0. The molecular weight excluding hydrogens is 376 g/mol. The Bertz CT molecular complexity index is 1050. The molecule has 1 atom stereocenters. The van der Waals surface area contributed by atoms with Gasteiger partial charge in [0.2, 0.25) is 0 Å². The lowest BCUT2D eigenvalue weighted by atomic mass is 9.92. The van der Waals surface area contributed by atoms with Crippen LogP contribution in [0.1, 0.15) is 24.8 Å². The van der Waals surface area contributed by atoms with E-state index in [2.05, 4.69) is 64.5 Å². The number of ether oxygens (including phenoxy) is 2. The van der Waals surface area contributed by atoms with Gasteiger partial charge in [-0.15, -0.1) is 0 Å². The summed E-state index contributed by atoms with van der Waals surface area (Å²) < 4.78 is 12.9. The highest BCUT2D eigenvalue weighted by molar-refractivity contribution is 9.10. The van der Waals surface area contributed by atoms with Crippen LogP contribution in [0, 0.1) is 0 Å². The molecule has 5 rings (SSSR count). The van der Waals surface area contributed by atoms with Gasteiger partial charge in [0.25, 0.3) is 0 Å². The van der Waals surface area contributed by atoms with E-state index in [1.54, 1.807) is 0 Å². The molecule has 0 spiro atoms. The molecule has 1 aliphatic heterocycles. The molecule has 0 N–H and O–H groups in total. The minimum atomic E-state index is -0.0542. The molecule has 126 valence electrons. The highest BCUT2D eigenvalue weighted by Crippen LogP contribution is 2.39. The van der Waals surface area contributed by atoms with Crippen molar-refractivity contribution in [1.82, 2.24) is 0 Å². The number of hydrogen-bond acceptors (Lipinski definition) is 2. The summed E-state index contributed by atoms with van der Waals surface area (Å²) in [6.07, 6.45) is 3.28. The summed E-state index contributed by atoms with van der Waals surface area (Å²) in [5.74, 6) is 0. The monoisotopic (exact) mass is 394 g/mol. The van der Waals surface area contributed by atoms with Crippen molar-refractivity contribution in [3.05, 3.63) is 58.6 Å². The van der Waals surface area contributed by atoms with Gasteiger partial charge < -0.3 is 9.47 Å². The van der Waals surface area contributed by atoms with Crippen LogP contribution in [0.25, 0.3) is 32.3 Å². The Hall–Kier alpha value is -1.68. The molecule has 0 radical (unpaired) electrons. The van der Waals surface area contributed by atoms with Crippen LogP contribution < -0.4 is 0 Å². The van der Waals surface area contributed by atoms with E-state index in [1.165, 1.54) is 44.3 Å². The van der Waals surface area contributed by atoms with Crippen LogP contribution in [0.3, 0.4) is 0 Å². The fraction of sp³-hybridized carbons (Fsp3) is 0.273. The minimum absolute atomic E-state index is 0.0542. The van der Waals surface area contributed by atoms with Crippen LogP contribution in [-0.4, -0.2) is 12.9 Å². The first-order valence-electron chi connectivity index (χ1n) is 8.89. The summed E-state index contributed by atoms with van der Waals surface area (Å²) in [6.45, 7) is 1.41. The van der Waals surface area contributed by atoms with Gasteiger partial charge in [0.1, 0.15) is 0 Å². The van der Waals surface area contributed by atoms with Gasteiger partial charge in [-0.3, -0.25) is 0 Å². The van der Waals surface area contributed by atoms with Gasteiger partial charge in [-0.1, -0.05) is 58.4 Å². The first kappa shape index (κ1) is 15.6. The van der Waals surface area contributed by atoms with Gasteiger partial charge in [-0.05, 0) is 63.2 Å². The zero-order valence-corrected chi connectivity index (χ0v) is 15.5. The predicted molar refractivity (Wildman–Crippen MR) is 106 cm³/mol. The number of halogens is 1. The maximum absolute atomic E-state index is 6.05. The Labute approximate surface area is 155 Å². The SMILES string of the molecule is Brc1ccc2ccc3c(COC4CCCCO4)ccc4ccc1c2c43. The molecular formula is C22H19BrO2. The van der Waals surface area contributed by atoms with Crippen molar-refractivity contribution in [2.45, 2.75) is 32.2 Å². The second-order valence-electron chi connectivity index (χ2n) is 6.80. The highest BCUT2D eigenvalue weighted by Gasteiger charge is 2.16. The Balaban J connectivity index is 1.63. The van der Waals surface area contributed by atoms with Crippen molar-refractivity contribution in [3.8, 4) is 0 Å². The van der Waals surface area contributed by atoms with E-state index in [9.17, 15) is 0 Å². The zero-order chi connectivity index (χ0) is 16.8. The third-order valence-electron chi connectivity index (χ3n) is 5.26. The molecule has 1 fully saturated rings. The average molecular weight is 395 g/mol. The van der Waals surface area contributed by atoms with E-state index in [1.807, 2.05) is 0 Å². The van der Waals surface area contributed by atoms with E-state index in [0.29, 0.717) is 6.61 Å². The van der Waals surface area contributed by atoms with Crippen LogP contribution in [-0.2, 0) is 16.1 Å². The Morgan fingerprint density at radius 3 is 2.40 bits per heavy atom. The number of benzene rings is 4. The fourth-order valence-electron chi connectivity index (χ4n) is 3.98. The zero-order valence-electron chi connectivity index (χ0n) is 13.9. The summed E-state index contributed by atoms with van der Waals surface area (Å²) in [4.78, 5) is 0. The van der Waals surface area contributed by atoms with Crippen LogP contribution in [0.15, 0.2) is 53.0 Å². The number of hydrogen-bond donors (Lipinski definition) is 0. The average Bonchev–Trinajstić information content (AvgIpc) is 2.67. The number of rotatable bonds is 3. The van der Waals surface area contributed by atoms with Crippen molar-refractivity contribution < 1.29 is 9.47 Å². The molecule has 0 saturated carbocycles. The van der Waals surface area contributed by atoms with E-state index in [0.717, 1.165) is 23.9 Å². The quantitative estimate of drug-likeness (QED) is 0.374. The van der Waals surface area contributed by atoms with E-state index >= 15 is 0 Å². The Morgan fingerprint density at radius 2 is 1.60 bits per heavy atom. The molecule has 0 aromatic heterocycles. The molecule has 1 heterocycles. The molecule has 1 unspecified atom stereocenters. The van der Waals surface area contributed by atoms with E-state index in [4.69, 9.17) is 9.47 Å². The van der Waals surface area contributed by atoms with Gasteiger partial charge in [0.15, 0.2) is 6.29 Å². The normalized spacial score (nSPS) is 18.5. The lowest BCUT2D eigenvalue weighted by Crippen LogP contribution is -2.22. The van der Waals surface area contributed by atoms with Crippen molar-refractivity contribution >= 4 is 48.2 Å². The molecule has 25 heavy (non-hydrogen) atoms. The molecule has 1 saturated heterocycles. The van der Waals surface area contributed by atoms with Gasteiger partial charge in [-0.25, -0.2) is 0 Å². The lowest BCUT2D eigenvalue weighted by Gasteiger charge is -2.23. The molecule has 1 aliphatic rings. The maximum Gasteiger partial charge on any atom is 0.158 e. The third-order valence-corrected chi connectivity index (χ3v) is 5.96. The van der Waals surface area contributed by atoms with Crippen molar-refractivity contribution in [3.63, 3.8) is 0 Å². The summed E-state index contributed by atoms with van der Waals surface area (Å²) in [5, 5.41) is 7.78. The van der Waals surface area contributed by atoms with Crippen LogP contribution >= 0.6 is 15.9 Å². The second-order valence-corrected chi connectivity index (χ2v) is 7.66. The van der Waals surface area contributed by atoms with Gasteiger partial charge >= 0.3 is 0 Å². The fourth-order valence-corrected chi connectivity index (χ4v) is 4.44. The third kappa shape index (κ3) is 2.62. The van der Waals surface area contributed by atoms with Gasteiger partial charge in [-0.2, -0.15) is 0 Å². The molecule has 0 amide bonds. The Kier molecular flexibility index (Phi) is 3.89. The second kappa shape index (κ2) is 6.24. The summed E-state index contributed by atoms with van der Waals surface area (Å²) in [5.41, 5.74) is 1.23. The molecule has 4 aromatic rings. The highest BCUT2D eigenvalue weighted by atomic mass is 79.9. The standard InChI is InChI=1S/C22H19BrO2/c23-19-11-8-15-6-9-17-16(13-25-20-3-1-2-12-24-20)5-4-14-7-10-18(19)22(15)21(14)17/h4-11,20H,1-3,12-13H2. The molecule has 0 bridgehead atoms. The van der Waals surface area contributed by atoms with Gasteiger partial charge in [0, 0.05) is 11.1 Å².